The zero-order chi connectivity index (χ0) is 13.7. The van der Waals surface area contributed by atoms with Crippen molar-refractivity contribution in [1.82, 2.24) is 4.98 Å². The molecule has 0 fully saturated rings. The Hall–Kier alpha value is -1.88. The first-order valence-corrected chi connectivity index (χ1v) is 5.91. The molecule has 0 N–H and O–H groups in total. The van der Waals surface area contributed by atoms with Gasteiger partial charge in [0, 0.05) is 23.6 Å². The van der Waals surface area contributed by atoms with Crippen LogP contribution in [0.3, 0.4) is 0 Å². The maximum Gasteiger partial charge on any atom is 0.261 e. The number of halogens is 2. The van der Waals surface area contributed by atoms with E-state index >= 15 is 0 Å². The Morgan fingerprint density at radius 3 is 2.89 bits per heavy atom. The Bertz CT molecular complexity index is 567. The molecule has 0 aliphatic rings. The van der Waals surface area contributed by atoms with Crippen LogP contribution in [0.5, 0.6) is 0 Å². The van der Waals surface area contributed by atoms with Crippen LogP contribution in [0, 0.1) is 0 Å². The second kappa shape index (κ2) is 6.33. The van der Waals surface area contributed by atoms with E-state index in [1.54, 1.807) is 24.4 Å². The third-order valence-electron chi connectivity index (χ3n) is 2.66. The number of aromatic nitrogens is 1. The Balaban J connectivity index is 2.05. The summed E-state index contributed by atoms with van der Waals surface area (Å²) in [6.45, 7) is -0.635. The highest BCUT2D eigenvalue weighted by Gasteiger charge is 2.10. The van der Waals surface area contributed by atoms with Gasteiger partial charge in [0.1, 0.15) is 6.61 Å². The van der Waals surface area contributed by atoms with Gasteiger partial charge in [-0.25, -0.2) is 8.78 Å². The van der Waals surface area contributed by atoms with Gasteiger partial charge in [0.05, 0.1) is 12.1 Å². The summed E-state index contributed by atoms with van der Waals surface area (Å²) >= 11 is 0. The van der Waals surface area contributed by atoms with Crippen LogP contribution < -0.4 is 0 Å². The molecule has 3 nitrogen and oxygen atoms in total. The molecule has 2 aromatic rings. The molecule has 0 saturated carbocycles. The lowest BCUT2D eigenvalue weighted by Gasteiger charge is -2.06. The molecule has 0 saturated heterocycles. The van der Waals surface area contributed by atoms with Gasteiger partial charge in [-0.05, 0) is 12.1 Å². The van der Waals surface area contributed by atoms with Crippen LogP contribution in [-0.2, 0) is 4.74 Å². The highest BCUT2D eigenvalue weighted by Crippen LogP contribution is 2.17. The van der Waals surface area contributed by atoms with Crippen LogP contribution in [0.25, 0.3) is 10.9 Å². The van der Waals surface area contributed by atoms with Crippen molar-refractivity contribution in [3.63, 3.8) is 0 Å². The number of ketones is 1. The Morgan fingerprint density at radius 1 is 1.26 bits per heavy atom. The summed E-state index contributed by atoms with van der Waals surface area (Å²) in [4.78, 5) is 16.2. The highest BCUT2D eigenvalue weighted by molar-refractivity contribution is 6.07. The molecule has 1 aromatic carbocycles. The lowest BCUT2D eigenvalue weighted by atomic mass is 10.0. The number of Topliss-reactive ketones (excluding diaryl/α,β-unsaturated/α-hetero) is 1. The molecule has 0 bridgehead atoms. The summed E-state index contributed by atoms with van der Waals surface area (Å²) in [6, 6.07) is 8.85. The van der Waals surface area contributed by atoms with Crippen molar-refractivity contribution in [3.8, 4) is 0 Å². The third-order valence-corrected chi connectivity index (χ3v) is 2.66. The molecular formula is C14H13F2NO2. The minimum Gasteiger partial charge on any atom is -0.375 e. The number of hydrogen-bond donors (Lipinski definition) is 0. The van der Waals surface area contributed by atoms with Crippen LogP contribution in [-0.4, -0.2) is 30.4 Å². The first kappa shape index (κ1) is 13.5. The molecule has 100 valence electrons. The maximum atomic E-state index is 12.0. The summed E-state index contributed by atoms with van der Waals surface area (Å²) in [5.74, 6) is -0.132. The average Bonchev–Trinajstić information content (AvgIpc) is 2.42. The van der Waals surface area contributed by atoms with Crippen molar-refractivity contribution in [3.05, 3.63) is 42.1 Å². The number of carbonyl (C=O) groups excluding carboxylic acids is 1. The molecule has 0 unspecified atom stereocenters. The van der Waals surface area contributed by atoms with Gasteiger partial charge in [0.15, 0.2) is 5.78 Å². The smallest absolute Gasteiger partial charge is 0.261 e. The van der Waals surface area contributed by atoms with E-state index < -0.39 is 13.0 Å². The third kappa shape index (κ3) is 3.54. The summed E-state index contributed by atoms with van der Waals surface area (Å²) in [5, 5.41) is 0.767. The lowest BCUT2D eigenvalue weighted by Crippen LogP contribution is -2.09. The normalized spacial score (nSPS) is 11.1. The summed E-state index contributed by atoms with van der Waals surface area (Å²) in [7, 11) is 0. The van der Waals surface area contributed by atoms with E-state index in [9.17, 15) is 13.6 Å². The largest absolute Gasteiger partial charge is 0.375 e. The molecule has 1 heterocycles. The predicted molar refractivity (Wildman–Crippen MR) is 67.5 cm³/mol. The number of alkyl halides is 2. The number of carbonyl (C=O) groups is 1. The first-order valence-electron chi connectivity index (χ1n) is 5.91. The molecule has 0 atom stereocenters. The quantitative estimate of drug-likeness (QED) is 0.595. The fraction of sp³-hybridized carbons (Fsp3) is 0.286. The van der Waals surface area contributed by atoms with E-state index in [1.807, 2.05) is 12.1 Å². The summed E-state index contributed by atoms with van der Waals surface area (Å²) in [5.41, 5.74) is 1.29. The molecule has 5 heteroatoms. The fourth-order valence-electron chi connectivity index (χ4n) is 1.82. The average molecular weight is 265 g/mol. The zero-order valence-corrected chi connectivity index (χ0v) is 10.2. The van der Waals surface area contributed by atoms with Crippen LogP contribution in [0.4, 0.5) is 8.78 Å². The van der Waals surface area contributed by atoms with Crippen LogP contribution in [0.15, 0.2) is 36.5 Å². The lowest BCUT2D eigenvalue weighted by molar-refractivity contribution is 0.0170. The van der Waals surface area contributed by atoms with Crippen molar-refractivity contribution in [2.75, 3.05) is 13.2 Å². The van der Waals surface area contributed by atoms with Crippen molar-refractivity contribution in [2.24, 2.45) is 0 Å². The molecule has 0 amide bonds. The maximum absolute atomic E-state index is 12.0. The number of ether oxygens (including phenoxy) is 1. The molecule has 2 rings (SSSR count). The fourth-order valence-corrected chi connectivity index (χ4v) is 1.82. The summed E-state index contributed by atoms with van der Waals surface area (Å²) < 4.78 is 28.5. The Kier molecular flexibility index (Phi) is 4.52. The Morgan fingerprint density at radius 2 is 2.11 bits per heavy atom. The van der Waals surface area contributed by atoms with E-state index in [1.165, 1.54) is 0 Å². The van der Waals surface area contributed by atoms with Crippen molar-refractivity contribution in [1.29, 1.82) is 0 Å². The molecule has 0 spiro atoms. The van der Waals surface area contributed by atoms with E-state index in [-0.39, 0.29) is 18.8 Å². The van der Waals surface area contributed by atoms with Gasteiger partial charge in [0.25, 0.3) is 6.43 Å². The first-order chi connectivity index (χ1) is 9.18. The van der Waals surface area contributed by atoms with Gasteiger partial charge < -0.3 is 4.74 Å². The van der Waals surface area contributed by atoms with E-state index in [2.05, 4.69) is 4.98 Å². The van der Waals surface area contributed by atoms with E-state index in [4.69, 9.17) is 4.74 Å². The van der Waals surface area contributed by atoms with E-state index in [0.717, 1.165) is 10.9 Å². The minimum atomic E-state index is -2.50. The topological polar surface area (TPSA) is 39.2 Å². The van der Waals surface area contributed by atoms with Gasteiger partial charge in [-0.3, -0.25) is 9.78 Å². The predicted octanol–water partition coefficient (Wildman–Crippen LogP) is 3.09. The molecule has 0 radical (unpaired) electrons. The SMILES string of the molecule is O=C(CCOCC(F)F)c1cccc2ncccc12. The Labute approximate surface area is 109 Å². The van der Waals surface area contributed by atoms with Crippen molar-refractivity contribution < 1.29 is 18.3 Å². The number of fused-ring (bicyclic) bond motifs is 1. The number of pyridine rings is 1. The van der Waals surface area contributed by atoms with Crippen LogP contribution in [0.2, 0.25) is 0 Å². The number of hydrogen-bond acceptors (Lipinski definition) is 3. The second-order valence-electron chi connectivity index (χ2n) is 4.01. The van der Waals surface area contributed by atoms with Gasteiger partial charge in [-0.1, -0.05) is 18.2 Å². The molecule has 0 aliphatic heterocycles. The summed E-state index contributed by atoms with van der Waals surface area (Å²) in [6.07, 6.45) is -0.764. The van der Waals surface area contributed by atoms with Crippen LogP contribution >= 0.6 is 0 Å². The van der Waals surface area contributed by atoms with Gasteiger partial charge >= 0.3 is 0 Å². The molecule has 19 heavy (non-hydrogen) atoms. The number of rotatable bonds is 6. The van der Waals surface area contributed by atoms with Crippen molar-refractivity contribution >= 4 is 16.7 Å². The van der Waals surface area contributed by atoms with Gasteiger partial charge in [-0.2, -0.15) is 0 Å². The second-order valence-corrected chi connectivity index (χ2v) is 4.01. The minimum absolute atomic E-state index is 0.000176. The molecule has 1 aromatic heterocycles. The van der Waals surface area contributed by atoms with E-state index in [0.29, 0.717) is 5.56 Å². The van der Waals surface area contributed by atoms with Gasteiger partial charge in [-0.15, -0.1) is 0 Å². The van der Waals surface area contributed by atoms with Crippen LogP contribution in [0.1, 0.15) is 16.8 Å². The zero-order valence-electron chi connectivity index (χ0n) is 10.2. The highest BCUT2D eigenvalue weighted by atomic mass is 19.3. The number of benzene rings is 1. The molecule has 0 aliphatic carbocycles. The van der Waals surface area contributed by atoms with Gasteiger partial charge in [0.2, 0.25) is 0 Å². The van der Waals surface area contributed by atoms with Crippen molar-refractivity contribution in [2.45, 2.75) is 12.8 Å². The number of nitrogens with zero attached hydrogens (tertiary/aromatic N) is 1. The standard InChI is InChI=1S/C14H13F2NO2/c15-14(16)9-19-8-6-13(18)11-3-1-5-12-10(11)4-2-7-17-12/h1-5,7,14H,6,8-9H2. The monoisotopic (exact) mass is 265 g/mol. The molecular weight excluding hydrogens is 252 g/mol.